The van der Waals surface area contributed by atoms with Crippen LogP contribution in [0.4, 0.5) is 0 Å². The lowest BCUT2D eigenvalue weighted by Gasteiger charge is -2.23. The molecule has 7 heteroatoms. The number of hydrogen-bond acceptors (Lipinski definition) is 4. The minimum Gasteiger partial charge on any atom is -0.354 e. The van der Waals surface area contributed by atoms with Crippen LogP contribution in [0.3, 0.4) is 0 Å². The summed E-state index contributed by atoms with van der Waals surface area (Å²) in [5.41, 5.74) is 0. The summed E-state index contributed by atoms with van der Waals surface area (Å²) >= 11 is 7.27. The fraction of sp³-hybridized carbons (Fsp3) is 0.421. The molecule has 1 amide bonds. The first-order chi connectivity index (χ1) is 12.5. The number of carbonyl (C=O) groups excluding carboxylic acids is 1. The van der Waals surface area contributed by atoms with Crippen molar-refractivity contribution in [2.45, 2.75) is 42.2 Å². The molecular weight excluding hydrogens is 390 g/mol. The van der Waals surface area contributed by atoms with Gasteiger partial charge in [-0.2, -0.15) is 0 Å². The Hall–Kier alpha value is -1.37. The van der Waals surface area contributed by atoms with Crippen molar-refractivity contribution in [3.05, 3.63) is 51.7 Å². The number of sulfone groups is 1. The first-order valence-corrected chi connectivity index (χ1v) is 11.6. The topological polar surface area (TPSA) is 63.2 Å². The molecule has 1 saturated carbocycles. The molecule has 1 aliphatic carbocycles. The Kier molecular flexibility index (Phi) is 6.37. The minimum absolute atomic E-state index is 0.00553. The van der Waals surface area contributed by atoms with E-state index in [1.807, 2.05) is 11.4 Å². The maximum absolute atomic E-state index is 13.1. The highest BCUT2D eigenvalue weighted by Crippen LogP contribution is 2.32. The molecule has 0 radical (unpaired) electrons. The standard InChI is InChI=1S/C19H22ClNO3S2/c20-15-8-10-16(11-9-15)26(23,24)18(17-7-4-12-25-17)13-21-19(22)14-5-2-1-3-6-14/h4,7-12,14,18H,1-3,5-6,13H2,(H,21,22)/t18-/m1/s1. The van der Waals surface area contributed by atoms with Gasteiger partial charge < -0.3 is 5.32 Å². The van der Waals surface area contributed by atoms with Crippen LogP contribution in [0.5, 0.6) is 0 Å². The summed E-state index contributed by atoms with van der Waals surface area (Å²) in [5, 5.41) is 4.43. The molecule has 0 saturated heterocycles. The molecule has 1 aliphatic rings. The van der Waals surface area contributed by atoms with Crippen molar-refractivity contribution in [1.29, 1.82) is 0 Å². The van der Waals surface area contributed by atoms with Crippen molar-refractivity contribution in [1.82, 2.24) is 5.32 Å². The van der Waals surface area contributed by atoms with E-state index in [-0.39, 0.29) is 23.3 Å². The van der Waals surface area contributed by atoms with Gasteiger partial charge >= 0.3 is 0 Å². The largest absolute Gasteiger partial charge is 0.354 e. The normalized spacial score (nSPS) is 17.0. The monoisotopic (exact) mass is 411 g/mol. The van der Waals surface area contributed by atoms with E-state index < -0.39 is 15.1 Å². The van der Waals surface area contributed by atoms with E-state index in [2.05, 4.69) is 5.32 Å². The molecule has 1 fully saturated rings. The van der Waals surface area contributed by atoms with Crippen LogP contribution in [0.1, 0.15) is 42.2 Å². The third-order valence-electron chi connectivity index (χ3n) is 4.81. The van der Waals surface area contributed by atoms with E-state index >= 15 is 0 Å². The number of rotatable bonds is 6. The second-order valence-corrected chi connectivity index (χ2v) is 10.1. The Morgan fingerprint density at radius 2 is 1.85 bits per heavy atom. The maximum Gasteiger partial charge on any atom is 0.223 e. The number of carbonyl (C=O) groups is 1. The zero-order valence-electron chi connectivity index (χ0n) is 14.4. The second kappa shape index (κ2) is 8.55. The predicted octanol–water partition coefficient (Wildman–Crippen LogP) is 4.61. The van der Waals surface area contributed by atoms with Crippen molar-refractivity contribution >= 4 is 38.7 Å². The number of thiophene rings is 1. The van der Waals surface area contributed by atoms with Crippen molar-refractivity contribution in [2.75, 3.05) is 6.54 Å². The van der Waals surface area contributed by atoms with E-state index in [0.717, 1.165) is 30.6 Å². The molecule has 0 unspecified atom stereocenters. The van der Waals surface area contributed by atoms with E-state index in [9.17, 15) is 13.2 Å². The zero-order valence-corrected chi connectivity index (χ0v) is 16.7. The van der Waals surface area contributed by atoms with Gasteiger partial charge in [0.2, 0.25) is 5.91 Å². The van der Waals surface area contributed by atoms with Crippen LogP contribution in [0.2, 0.25) is 5.02 Å². The Morgan fingerprint density at radius 1 is 1.15 bits per heavy atom. The molecule has 1 aromatic carbocycles. The van der Waals surface area contributed by atoms with E-state index in [4.69, 9.17) is 11.6 Å². The van der Waals surface area contributed by atoms with Crippen LogP contribution in [-0.2, 0) is 14.6 Å². The SMILES string of the molecule is O=C(NC[C@H](c1cccs1)S(=O)(=O)c1ccc(Cl)cc1)C1CCCCC1. The highest BCUT2D eigenvalue weighted by atomic mass is 35.5. The molecule has 1 aromatic heterocycles. The van der Waals surface area contributed by atoms with Crippen LogP contribution in [0, 0.1) is 5.92 Å². The quantitative estimate of drug-likeness (QED) is 0.754. The number of hydrogen-bond donors (Lipinski definition) is 1. The lowest BCUT2D eigenvalue weighted by Crippen LogP contribution is -2.36. The van der Waals surface area contributed by atoms with Gasteiger partial charge in [-0.15, -0.1) is 11.3 Å². The van der Waals surface area contributed by atoms with E-state index in [1.165, 1.54) is 29.9 Å². The van der Waals surface area contributed by atoms with Crippen LogP contribution < -0.4 is 5.32 Å². The van der Waals surface area contributed by atoms with Crippen molar-refractivity contribution in [3.8, 4) is 0 Å². The van der Waals surface area contributed by atoms with Crippen molar-refractivity contribution < 1.29 is 13.2 Å². The van der Waals surface area contributed by atoms with Crippen LogP contribution >= 0.6 is 22.9 Å². The lowest BCUT2D eigenvalue weighted by molar-refractivity contribution is -0.125. The minimum atomic E-state index is -3.63. The smallest absolute Gasteiger partial charge is 0.223 e. The average Bonchev–Trinajstić information content (AvgIpc) is 3.17. The first-order valence-electron chi connectivity index (χ1n) is 8.79. The summed E-state index contributed by atoms with van der Waals surface area (Å²) in [4.78, 5) is 13.4. The van der Waals surface area contributed by atoms with Crippen LogP contribution in [0.15, 0.2) is 46.7 Å². The van der Waals surface area contributed by atoms with Crippen LogP contribution in [0.25, 0.3) is 0 Å². The fourth-order valence-electron chi connectivity index (χ4n) is 3.33. The third-order valence-corrected chi connectivity index (χ3v) is 8.30. The van der Waals surface area contributed by atoms with Gasteiger partial charge in [-0.05, 0) is 48.6 Å². The summed E-state index contributed by atoms with van der Waals surface area (Å²) in [6, 6.07) is 9.80. The second-order valence-electron chi connectivity index (χ2n) is 6.58. The van der Waals surface area contributed by atoms with E-state index in [1.54, 1.807) is 18.2 Å². The molecule has 1 heterocycles. The van der Waals surface area contributed by atoms with Gasteiger partial charge in [0.15, 0.2) is 9.84 Å². The number of halogens is 1. The van der Waals surface area contributed by atoms with E-state index in [0.29, 0.717) is 5.02 Å². The molecule has 1 atom stereocenters. The van der Waals surface area contributed by atoms with Gasteiger partial charge in [0.1, 0.15) is 5.25 Å². The molecular formula is C19H22ClNO3S2. The zero-order chi connectivity index (χ0) is 18.6. The molecule has 4 nitrogen and oxygen atoms in total. The molecule has 2 aromatic rings. The maximum atomic E-state index is 13.1. The average molecular weight is 412 g/mol. The number of benzene rings is 1. The Bertz CT molecular complexity index is 826. The molecule has 0 aliphatic heterocycles. The van der Waals surface area contributed by atoms with Gasteiger partial charge in [-0.1, -0.05) is 36.9 Å². The van der Waals surface area contributed by atoms with Gasteiger partial charge in [-0.3, -0.25) is 4.79 Å². The molecule has 0 bridgehead atoms. The summed E-state index contributed by atoms with van der Waals surface area (Å²) in [7, 11) is -3.63. The van der Waals surface area contributed by atoms with Crippen molar-refractivity contribution in [3.63, 3.8) is 0 Å². The van der Waals surface area contributed by atoms with Gasteiger partial charge in [0.05, 0.1) is 4.90 Å². The van der Waals surface area contributed by atoms with Gasteiger partial charge in [0, 0.05) is 22.4 Å². The Morgan fingerprint density at radius 3 is 2.46 bits per heavy atom. The van der Waals surface area contributed by atoms with Crippen molar-refractivity contribution in [2.24, 2.45) is 5.92 Å². The summed E-state index contributed by atoms with van der Waals surface area (Å²) in [5.74, 6) is -0.0245. The fourth-order valence-corrected chi connectivity index (χ4v) is 6.24. The molecule has 3 rings (SSSR count). The van der Waals surface area contributed by atoms with Crippen LogP contribution in [-0.4, -0.2) is 20.9 Å². The third kappa shape index (κ3) is 4.48. The first kappa shape index (κ1) is 19.4. The lowest BCUT2D eigenvalue weighted by atomic mass is 9.89. The highest BCUT2D eigenvalue weighted by molar-refractivity contribution is 7.91. The summed E-state index contributed by atoms with van der Waals surface area (Å²) < 4.78 is 26.3. The molecule has 0 spiro atoms. The molecule has 1 N–H and O–H groups in total. The Balaban J connectivity index is 1.79. The molecule has 140 valence electrons. The predicted molar refractivity (Wildman–Crippen MR) is 105 cm³/mol. The van der Waals surface area contributed by atoms with Gasteiger partial charge in [0.25, 0.3) is 0 Å². The molecule has 26 heavy (non-hydrogen) atoms. The summed E-state index contributed by atoms with van der Waals surface area (Å²) in [6.07, 6.45) is 5.08. The Labute approximate surface area is 163 Å². The number of amides is 1. The highest BCUT2D eigenvalue weighted by Gasteiger charge is 2.31. The number of nitrogens with one attached hydrogen (secondary N) is 1. The summed E-state index contributed by atoms with van der Waals surface area (Å²) in [6.45, 7) is 0.0841. The van der Waals surface area contributed by atoms with Gasteiger partial charge in [-0.25, -0.2) is 8.42 Å².